The average Bonchev–Trinajstić information content (AvgIpc) is 2.55. The Hall–Kier alpha value is -0.540. The second-order valence-electron chi connectivity index (χ2n) is 4.09. The van der Waals surface area contributed by atoms with E-state index in [1.807, 2.05) is 6.92 Å². The predicted octanol–water partition coefficient (Wildman–Crippen LogP) is 2.75. The first-order valence-electron chi connectivity index (χ1n) is 5.36. The monoisotopic (exact) mass is 269 g/mol. The van der Waals surface area contributed by atoms with Gasteiger partial charge in [0.2, 0.25) is 0 Å². The Bertz CT molecular complexity index is 365. The van der Waals surface area contributed by atoms with E-state index in [0.717, 1.165) is 17.6 Å². The van der Waals surface area contributed by atoms with Crippen LogP contribution in [0, 0.1) is 0 Å². The molecule has 0 saturated carbocycles. The molecule has 1 aliphatic heterocycles. The van der Waals surface area contributed by atoms with Crippen molar-refractivity contribution in [1.82, 2.24) is 0 Å². The molecule has 0 bridgehead atoms. The van der Waals surface area contributed by atoms with Gasteiger partial charge in [-0.15, -0.1) is 0 Å². The van der Waals surface area contributed by atoms with Gasteiger partial charge in [-0.1, -0.05) is 15.9 Å². The van der Waals surface area contributed by atoms with Crippen LogP contribution in [0.15, 0.2) is 22.7 Å². The molecule has 0 amide bonds. The largest absolute Gasteiger partial charge is 0.393 e. The Kier molecular flexibility index (Phi) is 3.03. The van der Waals surface area contributed by atoms with Gasteiger partial charge in [-0.2, -0.15) is 0 Å². The maximum atomic E-state index is 9.76. The number of halogens is 1. The third-order valence-electron chi connectivity index (χ3n) is 3.11. The maximum Gasteiger partial charge on any atom is 0.0598 e. The van der Waals surface area contributed by atoms with E-state index in [0.29, 0.717) is 0 Å². The number of rotatable bonds is 2. The Labute approximate surface area is 99.0 Å². The van der Waals surface area contributed by atoms with Crippen molar-refractivity contribution in [2.24, 2.45) is 0 Å². The summed E-state index contributed by atoms with van der Waals surface area (Å²) in [7, 11) is 0. The van der Waals surface area contributed by atoms with E-state index >= 15 is 0 Å². The lowest BCUT2D eigenvalue weighted by molar-refractivity contribution is 0.167. The van der Waals surface area contributed by atoms with E-state index in [9.17, 15) is 5.11 Å². The van der Waals surface area contributed by atoms with Gasteiger partial charge >= 0.3 is 0 Å². The van der Waals surface area contributed by atoms with E-state index in [2.05, 4.69) is 46.0 Å². The first kappa shape index (κ1) is 11.0. The number of aliphatic hydroxyl groups excluding tert-OH is 1. The average molecular weight is 270 g/mol. The van der Waals surface area contributed by atoms with E-state index in [1.54, 1.807) is 0 Å². The lowest BCUT2D eigenvalue weighted by Crippen LogP contribution is -2.25. The van der Waals surface area contributed by atoms with Crippen LogP contribution in [0.4, 0.5) is 5.69 Å². The van der Waals surface area contributed by atoms with Crippen LogP contribution in [0.25, 0.3) is 0 Å². The molecule has 2 nitrogen and oxygen atoms in total. The van der Waals surface area contributed by atoms with Crippen molar-refractivity contribution in [2.75, 3.05) is 18.0 Å². The van der Waals surface area contributed by atoms with Gasteiger partial charge in [0.15, 0.2) is 0 Å². The molecule has 0 saturated heterocycles. The molecule has 1 N–H and O–H groups in total. The summed E-state index contributed by atoms with van der Waals surface area (Å²) in [6.07, 6.45) is -0.283. The molecule has 0 fully saturated rings. The minimum absolute atomic E-state index is 0.248. The minimum atomic E-state index is -0.283. The number of anilines is 1. The van der Waals surface area contributed by atoms with Gasteiger partial charge < -0.3 is 10.0 Å². The standard InChI is InChI=1S/C12H16BrNO/c1-3-14-7-11(8(2)15)10-6-9(13)4-5-12(10)14/h4-6,8,11,15H,3,7H2,1-2H3. The maximum absolute atomic E-state index is 9.76. The highest BCUT2D eigenvalue weighted by Crippen LogP contribution is 2.39. The van der Waals surface area contributed by atoms with Gasteiger partial charge in [0.25, 0.3) is 0 Å². The van der Waals surface area contributed by atoms with Crippen LogP contribution in [-0.2, 0) is 0 Å². The third-order valence-corrected chi connectivity index (χ3v) is 3.60. The Morgan fingerprint density at radius 2 is 2.33 bits per heavy atom. The van der Waals surface area contributed by atoms with Crippen molar-refractivity contribution < 1.29 is 5.11 Å². The fourth-order valence-electron chi connectivity index (χ4n) is 2.26. The quantitative estimate of drug-likeness (QED) is 0.893. The number of aliphatic hydroxyl groups is 1. The molecule has 15 heavy (non-hydrogen) atoms. The van der Waals surface area contributed by atoms with Gasteiger partial charge in [0, 0.05) is 29.2 Å². The lowest BCUT2D eigenvalue weighted by atomic mass is 9.97. The highest BCUT2D eigenvalue weighted by molar-refractivity contribution is 9.10. The molecule has 2 unspecified atom stereocenters. The lowest BCUT2D eigenvalue weighted by Gasteiger charge is -2.18. The zero-order valence-electron chi connectivity index (χ0n) is 9.07. The second-order valence-corrected chi connectivity index (χ2v) is 5.00. The van der Waals surface area contributed by atoms with Crippen molar-refractivity contribution in [3.05, 3.63) is 28.2 Å². The Morgan fingerprint density at radius 3 is 2.93 bits per heavy atom. The van der Waals surface area contributed by atoms with Gasteiger partial charge in [-0.25, -0.2) is 0 Å². The highest BCUT2D eigenvalue weighted by Gasteiger charge is 2.30. The Balaban J connectivity index is 2.43. The van der Waals surface area contributed by atoms with E-state index in [1.165, 1.54) is 11.3 Å². The Morgan fingerprint density at radius 1 is 1.60 bits per heavy atom. The molecule has 0 spiro atoms. The van der Waals surface area contributed by atoms with E-state index in [-0.39, 0.29) is 12.0 Å². The van der Waals surface area contributed by atoms with E-state index in [4.69, 9.17) is 0 Å². The van der Waals surface area contributed by atoms with Crippen molar-refractivity contribution in [3.8, 4) is 0 Å². The van der Waals surface area contributed by atoms with Crippen molar-refractivity contribution in [3.63, 3.8) is 0 Å². The molecule has 0 aliphatic carbocycles. The fraction of sp³-hybridized carbons (Fsp3) is 0.500. The van der Waals surface area contributed by atoms with Crippen LogP contribution >= 0.6 is 15.9 Å². The zero-order valence-corrected chi connectivity index (χ0v) is 10.7. The number of hydrogen-bond acceptors (Lipinski definition) is 2. The summed E-state index contributed by atoms with van der Waals surface area (Å²) in [5.41, 5.74) is 2.54. The smallest absolute Gasteiger partial charge is 0.0598 e. The second kappa shape index (κ2) is 4.14. The number of benzene rings is 1. The number of likely N-dealkylation sites (N-methyl/N-ethyl adjacent to an activating group) is 1. The molecule has 1 aromatic rings. The summed E-state index contributed by atoms with van der Waals surface area (Å²) in [5, 5.41) is 9.76. The van der Waals surface area contributed by atoms with Crippen LogP contribution in [-0.4, -0.2) is 24.3 Å². The molecule has 0 aromatic heterocycles. The SMILES string of the molecule is CCN1CC(C(C)O)c2cc(Br)ccc21. The minimum Gasteiger partial charge on any atom is -0.393 e. The fourth-order valence-corrected chi connectivity index (χ4v) is 2.64. The van der Waals surface area contributed by atoms with Crippen molar-refractivity contribution in [1.29, 1.82) is 0 Å². The van der Waals surface area contributed by atoms with Crippen LogP contribution in [0.3, 0.4) is 0 Å². The molecule has 0 radical (unpaired) electrons. The molecule has 1 aliphatic rings. The molecule has 1 aromatic carbocycles. The van der Waals surface area contributed by atoms with Gasteiger partial charge in [-0.05, 0) is 37.6 Å². The summed E-state index contributed by atoms with van der Waals surface area (Å²) in [4.78, 5) is 2.32. The van der Waals surface area contributed by atoms with E-state index < -0.39 is 0 Å². The summed E-state index contributed by atoms with van der Waals surface area (Å²) in [5.74, 6) is 0.248. The summed E-state index contributed by atoms with van der Waals surface area (Å²) in [6.45, 7) is 5.95. The molecule has 2 rings (SSSR count). The summed E-state index contributed by atoms with van der Waals surface area (Å²) >= 11 is 3.48. The summed E-state index contributed by atoms with van der Waals surface area (Å²) in [6, 6.07) is 6.32. The van der Waals surface area contributed by atoms with Crippen LogP contribution in [0.2, 0.25) is 0 Å². The van der Waals surface area contributed by atoms with Crippen LogP contribution in [0.5, 0.6) is 0 Å². The normalized spacial score (nSPS) is 21.6. The molecule has 2 atom stereocenters. The molecular formula is C12H16BrNO. The highest BCUT2D eigenvalue weighted by atomic mass is 79.9. The molecule has 1 heterocycles. The zero-order chi connectivity index (χ0) is 11.0. The first-order valence-corrected chi connectivity index (χ1v) is 6.15. The van der Waals surface area contributed by atoms with Crippen molar-refractivity contribution in [2.45, 2.75) is 25.9 Å². The number of hydrogen-bond donors (Lipinski definition) is 1. The summed E-state index contributed by atoms with van der Waals surface area (Å²) < 4.78 is 1.09. The predicted molar refractivity (Wildman–Crippen MR) is 66.5 cm³/mol. The van der Waals surface area contributed by atoms with Gasteiger partial charge in [0.1, 0.15) is 0 Å². The van der Waals surface area contributed by atoms with Crippen molar-refractivity contribution >= 4 is 21.6 Å². The number of nitrogens with zero attached hydrogens (tertiary/aromatic N) is 1. The molecular weight excluding hydrogens is 254 g/mol. The van der Waals surface area contributed by atoms with Crippen LogP contribution < -0.4 is 4.90 Å². The van der Waals surface area contributed by atoms with Gasteiger partial charge in [0.05, 0.1) is 6.10 Å². The topological polar surface area (TPSA) is 23.5 Å². The van der Waals surface area contributed by atoms with Crippen LogP contribution in [0.1, 0.15) is 25.3 Å². The third kappa shape index (κ3) is 1.91. The first-order chi connectivity index (χ1) is 7.13. The molecule has 82 valence electrons. The molecule has 3 heteroatoms. The number of fused-ring (bicyclic) bond motifs is 1. The van der Waals surface area contributed by atoms with Gasteiger partial charge in [-0.3, -0.25) is 0 Å².